The Hall–Kier alpha value is -3.86. The topological polar surface area (TPSA) is 132 Å². The Balaban J connectivity index is 1.82. The largest absolute Gasteiger partial charge is 0.508 e. The van der Waals surface area contributed by atoms with Gasteiger partial charge < -0.3 is 19.7 Å². The smallest absolute Gasteiger partial charge is 0.282 e. The first kappa shape index (κ1) is 18.5. The minimum atomic E-state index is -0.528. The fourth-order valence-corrected chi connectivity index (χ4v) is 3.61. The van der Waals surface area contributed by atoms with Gasteiger partial charge in [0.15, 0.2) is 11.5 Å². The molecule has 3 aromatic rings. The van der Waals surface area contributed by atoms with Crippen molar-refractivity contribution in [3.8, 4) is 34.3 Å². The van der Waals surface area contributed by atoms with Gasteiger partial charge in [-0.05, 0) is 18.2 Å². The van der Waals surface area contributed by atoms with E-state index in [4.69, 9.17) is 9.47 Å². The minimum absolute atomic E-state index is 0.00446. The summed E-state index contributed by atoms with van der Waals surface area (Å²) in [6.07, 6.45) is 1.32. The van der Waals surface area contributed by atoms with E-state index < -0.39 is 4.92 Å². The summed E-state index contributed by atoms with van der Waals surface area (Å²) < 4.78 is 11.9. The van der Waals surface area contributed by atoms with Gasteiger partial charge in [-0.1, -0.05) is 0 Å². The molecule has 1 aliphatic heterocycles. The predicted molar refractivity (Wildman–Crippen MR) is 105 cm³/mol. The number of fused-ring (bicyclic) bond motifs is 1. The quantitative estimate of drug-likeness (QED) is 0.383. The standard InChI is InChI=1S/C18H14N4O6S/c1-19-18-21(14(8-29-18)12-3-2-11(23)5-15(12)24)20-7-10-4-16-17(28-9-27-16)6-13(10)22(25)26/h2-8,23-24H,9H2,1H3/b19-18?,20-7+. The molecule has 0 atom stereocenters. The second kappa shape index (κ2) is 7.28. The summed E-state index contributed by atoms with van der Waals surface area (Å²) in [5, 5.41) is 37.2. The van der Waals surface area contributed by atoms with E-state index >= 15 is 0 Å². The Morgan fingerprint density at radius 3 is 2.69 bits per heavy atom. The lowest BCUT2D eigenvalue weighted by Crippen LogP contribution is -2.11. The number of aromatic nitrogens is 1. The van der Waals surface area contributed by atoms with Crippen LogP contribution >= 0.6 is 11.3 Å². The zero-order valence-electron chi connectivity index (χ0n) is 15.0. The number of hydrogen-bond acceptors (Lipinski definition) is 9. The van der Waals surface area contributed by atoms with Crippen LogP contribution in [0.1, 0.15) is 5.56 Å². The first-order valence-corrected chi connectivity index (χ1v) is 9.14. The van der Waals surface area contributed by atoms with Crippen LogP contribution in [-0.2, 0) is 0 Å². The van der Waals surface area contributed by atoms with Crippen molar-refractivity contribution in [3.63, 3.8) is 0 Å². The van der Waals surface area contributed by atoms with Gasteiger partial charge in [-0.15, -0.1) is 11.3 Å². The average molecular weight is 414 g/mol. The molecule has 0 radical (unpaired) electrons. The van der Waals surface area contributed by atoms with Gasteiger partial charge in [0.25, 0.3) is 5.69 Å². The van der Waals surface area contributed by atoms with Gasteiger partial charge in [-0.25, -0.2) is 4.68 Å². The number of hydrogen-bond donors (Lipinski definition) is 2. The normalized spacial score (nSPS) is 13.3. The zero-order chi connectivity index (χ0) is 20.5. The molecule has 1 aromatic heterocycles. The predicted octanol–water partition coefficient (Wildman–Crippen LogP) is 2.68. The van der Waals surface area contributed by atoms with E-state index in [-0.39, 0.29) is 29.5 Å². The Labute approximate surface area is 167 Å². The number of aromatic hydroxyl groups is 2. The van der Waals surface area contributed by atoms with Gasteiger partial charge in [0.05, 0.1) is 28.5 Å². The summed E-state index contributed by atoms with van der Waals surface area (Å²) in [5.41, 5.74) is 0.970. The van der Waals surface area contributed by atoms with Crippen molar-refractivity contribution in [1.82, 2.24) is 4.68 Å². The van der Waals surface area contributed by atoms with E-state index in [1.54, 1.807) is 18.5 Å². The molecule has 0 bridgehead atoms. The number of nitro benzene ring substituents is 1. The molecule has 10 nitrogen and oxygen atoms in total. The number of thiazole rings is 1. The third-order valence-corrected chi connectivity index (χ3v) is 5.07. The van der Waals surface area contributed by atoms with Gasteiger partial charge in [-0.3, -0.25) is 15.1 Å². The second-order valence-electron chi connectivity index (χ2n) is 5.91. The minimum Gasteiger partial charge on any atom is -0.508 e. The number of phenolic OH excluding ortho intramolecular Hbond substituents is 2. The lowest BCUT2D eigenvalue weighted by molar-refractivity contribution is -0.385. The number of benzene rings is 2. The molecule has 11 heteroatoms. The van der Waals surface area contributed by atoms with E-state index in [2.05, 4.69) is 10.1 Å². The molecule has 2 aromatic carbocycles. The monoisotopic (exact) mass is 414 g/mol. The van der Waals surface area contributed by atoms with Crippen LogP contribution in [0.3, 0.4) is 0 Å². The lowest BCUT2D eigenvalue weighted by Gasteiger charge is -2.06. The molecule has 0 saturated carbocycles. The first-order valence-electron chi connectivity index (χ1n) is 8.26. The highest BCUT2D eigenvalue weighted by Crippen LogP contribution is 2.37. The van der Waals surface area contributed by atoms with Crippen molar-refractivity contribution in [3.05, 3.63) is 56.2 Å². The van der Waals surface area contributed by atoms with E-state index in [1.165, 1.54) is 46.5 Å². The maximum Gasteiger partial charge on any atom is 0.282 e. The first-order chi connectivity index (χ1) is 14.0. The molecule has 2 N–H and O–H groups in total. The molecule has 0 fully saturated rings. The molecular weight excluding hydrogens is 400 g/mol. The van der Waals surface area contributed by atoms with Crippen molar-refractivity contribution in [2.75, 3.05) is 13.8 Å². The molecule has 0 aliphatic carbocycles. The van der Waals surface area contributed by atoms with Crippen molar-refractivity contribution in [2.45, 2.75) is 0 Å². The molecule has 0 unspecified atom stereocenters. The van der Waals surface area contributed by atoms with E-state index in [0.29, 0.717) is 27.6 Å². The van der Waals surface area contributed by atoms with Crippen LogP contribution in [0, 0.1) is 10.1 Å². The maximum atomic E-state index is 11.4. The Morgan fingerprint density at radius 1 is 1.24 bits per heavy atom. The molecule has 0 saturated heterocycles. The van der Waals surface area contributed by atoms with Crippen LogP contribution in [0.2, 0.25) is 0 Å². The SMILES string of the molecule is CN=c1scc(-c2ccc(O)cc2O)n1/N=C/c1cc2c(cc1[N+](=O)[O-])OCO2. The van der Waals surface area contributed by atoms with Gasteiger partial charge in [-0.2, -0.15) is 5.10 Å². The third-order valence-electron chi connectivity index (χ3n) is 4.16. The Kier molecular flexibility index (Phi) is 4.64. The summed E-state index contributed by atoms with van der Waals surface area (Å²) >= 11 is 1.28. The Morgan fingerprint density at radius 2 is 2.00 bits per heavy atom. The van der Waals surface area contributed by atoms with Crippen LogP contribution < -0.4 is 14.3 Å². The molecule has 148 valence electrons. The summed E-state index contributed by atoms with van der Waals surface area (Å²) in [7, 11) is 1.58. The molecule has 4 rings (SSSR count). The van der Waals surface area contributed by atoms with Gasteiger partial charge in [0.2, 0.25) is 11.6 Å². The zero-order valence-corrected chi connectivity index (χ0v) is 15.8. The van der Waals surface area contributed by atoms with Crippen LogP contribution in [0.4, 0.5) is 5.69 Å². The summed E-state index contributed by atoms with van der Waals surface area (Å²) in [5.74, 6) is 0.483. The molecule has 29 heavy (non-hydrogen) atoms. The van der Waals surface area contributed by atoms with Gasteiger partial charge in [0.1, 0.15) is 11.5 Å². The average Bonchev–Trinajstić information content (AvgIpc) is 3.31. The third kappa shape index (κ3) is 3.38. The molecule has 0 spiro atoms. The van der Waals surface area contributed by atoms with E-state index in [0.717, 1.165) is 0 Å². The molecule has 2 heterocycles. The second-order valence-corrected chi connectivity index (χ2v) is 6.74. The number of ether oxygens (including phenoxy) is 2. The van der Waals surface area contributed by atoms with Crippen molar-refractivity contribution < 1.29 is 24.6 Å². The van der Waals surface area contributed by atoms with Crippen LogP contribution in [0.25, 0.3) is 11.3 Å². The summed E-state index contributed by atoms with van der Waals surface area (Å²) in [6.45, 7) is -0.00446. The highest BCUT2D eigenvalue weighted by molar-refractivity contribution is 7.07. The van der Waals surface area contributed by atoms with Crippen LogP contribution in [0.5, 0.6) is 23.0 Å². The number of phenols is 2. The molecule has 1 aliphatic rings. The van der Waals surface area contributed by atoms with Crippen LogP contribution in [-0.4, -0.2) is 39.9 Å². The Bertz CT molecular complexity index is 1210. The number of rotatable bonds is 4. The van der Waals surface area contributed by atoms with Crippen molar-refractivity contribution >= 4 is 23.2 Å². The lowest BCUT2D eigenvalue weighted by atomic mass is 10.1. The van der Waals surface area contributed by atoms with Crippen molar-refractivity contribution in [2.24, 2.45) is 10.1 Å². The summed E-state index contributed by atoms with van der Waals surface area (Å²) in [4.78, 5) is 15.6. The van der Waals surface area contributed by atoms with Gasteiger partial charge >= 0.3 is 0 Å². The highest BCUT2D eigenvalue weighted by atomic mass is 32.1. The van der Waals surface area contributed by atoms with Crippen LogP contribution in [0.15, 0.2) is 45.8 Å². The number of nitrogens with zero attached hydrogens (tertiary/aromatic N) is 4. The maximum absolute atomic E-state index is 11.4. The highest BCUT2D eigenvalue weighted by Gasteiger charge is 2.22. The fourth-order valence-electron chi connectivity index (χ4n) is 2.81. The van der Waals surface area contributed by atoms with Gasteiger partial charge in [0, 0.05) is 24.1 Å². The van der Waals surface area contributed by atoms with E-state index in [1.807, 2.05) is 0 Å². The van der Waals surface area contributed by atoms with E-state index in [9.17, 15) is 20.3 Å². The summed E-state index contributed by atoms with van der Waals surface area (Å²) in [6, 6.07) is 6.97. The fraction of sp³-hybridized carbons (Fsp3) is 0.111. The number of nitro groups is 1. The molecular formula is C18H14N4O6S. The van der Waals surface area contributed by atoms with Crippen molar-refractivity contribution in [1.29, 1.82) is 0 Å². The molecule has 0 amide bonds.